The molecule has 0 bridgehead atoms. The topological polar surface area (TPSA) is 16.8 Å². The Bertz CT molecular complexity index is 881. The molecule has 0 atom stereocenters. The van der Waals surface area contributed by atoms with Gasteiger partial charge in [-0.2, -0.15) is 4.57 Å². The number of hydrogen-bond donors (Lipinski definition) is 0. The van der Waals surface area contributed by atoms with Crippen molar-refractivity contribution in [1.82, 2.24) is 4.98 Å². The van der Waals surface area contributed by atoms with Crippen molar-refractivity contribution in [3.05, 3.63) is 60.9 Å². The normalized spacial score (nSPS) is 11.4. The Morgan fingerprint density at radius 2 is 1.37 bits per heavy atom. The van der Waals surface area contributed by atoms with Crippen LogP contribution < -0.4 is 4.57 Å². The zero-order valence-corrected chi connectivity index (χ0v) is 10.7. The van der Waals surface area contributed by atoms with Crippen LogP contribution in [-0.2, 0) is 7.05 Å². The number of rotatable bonds is 0. The Morgan fingerprint density at radius 1 is 0.789 bits per heavy atom. The highest BCUT2D eigenvalue weighted by Gasteiger charge is 2.15. The van der Waals surface area contributed by atoms with Gasteiger partial charge in [0.15, 0.2) is 6.20 Å². The second-order valence-electron chi connectivity index (χ2n) is 4.83. The number of benzene rings is 3. The lowest BCUT2D eigenvalue weighted by molar-refractivity contribution is -0.644. The summed E-state index contributed by atoms with van der Waals surface area (Å²) in [4.78, 5) is 4.60. The minimum absolute atomic E-state index is 1.07. The number of aromatic nitrogens is 2. The molecular weight excluding hydrogens is 232 g/mol. The molecule has 0 aliphatic rings. The van der Waals surface area contributed by atoms with Gasteiger partial charge in [-0.05, 0) is 16.8 Å². The van der Waals surface area contributed by atoms with Gasteiger partial charge in [-0.25, -0.2) is 4.98 Å². The van der Waals surface area contributed by atoms with Crippen molar-refractivity contribution in [2.45, 2.75) is 0 Å². The van der Waals surface area contributed by atoms with Crippen molar-refractivity contribution in [1.29, 1.82) is 0 Å². The van der Waals surface area contributed by atoms with Gasteiger partial charge >= 0.3 is 0 Å². The van der Waals surface area contributed by atoms with Gasteiger partial charge in [0.1, 0.15) is 12.6 Å². The van der Waals surface area contributed by atoms with Crippen LogP contribution in [-0.4, -0.2) is 4.98 Å². The van der Waals surface area contributed by atoms with Gasteiger partial charge in [0.05, 0.1) is 11.6 Å². The van der Waals surface area contributed by atoms with E-state index in [1.807, 2.05) is 12.4 Å². The van der Waals surface area contributed by atoms with Gasteiger partial charge < -0.3 is 0 Å². The highest BCUT2D eigenvalue weighted by molar-refractivity contribution is 6.21. The highest BCUT2D eigenvalue weighted by atomic mass is 14.9. The van der Waals surface area contributed by atoms with E-state index in [1.165, 1.54) is 27.1 Å². The standard InChI is InChI=1S/C17H13N2/c1-19-11-10-18-16-14-8-4-2-6-12(14)13-7-3-5-9-15(13)17(16)19/h2-11H,1H3/q+1. The van der Waals surface area contributed by atoms with E-state index < -0.39 is 0 Å². The van der Waals surface area contributed by atoms with Crippen molar-refractivity contribution in [2.24, 2.45) is 7.05 Å². The van der Waals surface area contributed by atoms with Crippen LogP contribution in [0.25, 0.3) is 32.6 Å². The molecule has 4 rings (SSSR count). The van der Waals surface area contributed by atoms with E-state index in [-0.39, 0.29) is 0 Å². The second kappa shape index (κ2) is 3.75. The first-order valence-electron chi connectivity index (χ1n) is 6.40. The smallest absolute Gasteiger partial charge is 0.239 e. The third-order valence-electron chi connectivity index (χ3n) is 3.73. The first kappa shape index (κ1) is 10.4. The fourth-order valence-corrected chi connectivity index (χ4v) is 2.87. The maximum atomic E-state index is 4.60. The molecule has 90 valence electrons. The summed E-state index contributed by atoms with van der Waals surface area (Å²) in [5, 5.41) is 5.03. The fraction of sp³-hybridized carbons (Fsp3) is 0.0588. The Balaban J connectivity index is 2.48. The minimum Gasteiger partial charge on any atom is -0.243 e. The Hall–Kier alpha value is -2.48. The van der Waals surface area contributed by atoms with Gasteiger partial charge in [0, 0.05) is 5.39 Å². The SMILES string of the molecule is C[n+]1ccnc2c3ccccc3c3ccccc3c21. The molecule has 2 heteroatoms. The largest absolute Gasteiger partial charge is 0.243 e. The Kier molecular flexibility index (Phi) is 2.06. The Labute approximate surface area is 110 Å². The quantitative estimate of drug-likeness (QED) is 0.343. The molecule has 0 amide bonds. The summed E-state index contributed by atoms with van der Waals surface area (Å²) in [5.41, 5.74) is 2.26. The molecule has 0 unspecified atom stereocenters. The lowest BCUT2D eigenvalue weighted by Gasteiger charge is -2.06. The number of fused-ring (bicyclic) bond motifs is 6. The maximum Gasteiger partial charge on any atom is 0.239 e. The molecule has 0 spiro atoms. The predicted molar refractivity (Wildman–Crippen MR) is 77.9 cm³/mol. The van der Waals surface area contributed by atoms with Crippen LogP contribution in [0.2, 0.25) is 0 Å². The number of hydrogen-bond acceptors (Lipinski definition) is 1. The summed E-state index contributed by atoms with van der Waals surface area (Å²) >= 11 is 0. The summed E-state index contributed by atoms with van der Waals surface area (Å²) in [7, 11) is 2.07. The van der Waals surface area contributed by atoms with E-state index in [4.69, 9.17) is 0 Å². The average molecular weight is 245 g/mol. The van der Waals surface area contributed by atoms with Crippen LogP contribution >= 0.6 is 0 Å². The molecule has 4 aromatic rings. The van der Waals surface area contributed by atoms with Crippen molar-refractivity contribution in [2.75, 3.05) is 0 Å². The third-order valence-corrected chi connectivity index (χ3v) is 3.73. The van der Waals surface area contributed by atoms with Gasteiger partial charge in [-0.3, -0.25) is 0 Å². The molecular formula is C17H13N2+. The minimum atomic E-state index is 1.07. The molecule has 1 heterocycles. The Morgan fingerprint density at radius 3 is 2.11 bits per heavy atom. The van der Waals surface area contributed by atoms with Crippen LogP contribution in [0, 0.1) is 0 Å². The van der Waals surface area contributed by atoms with Crippen molar-refractivity contribution in [3.8, 4) is 0 Å². The summed E-state index contributed by atoms with van der Waals surface area (Å²) in [6.45, 7) is 0. The van der Waals surface area contributed by atoms with Crippen LogP contribution in [0.3, 0.4) is 0 Å². The summed E-state index contributed by atoms with van der Waals surface area (Å²) in [6, 6.07) is 17.0. The van der Waals surface area contributed by atoms with Crippen molar-refractivity contribution in [3.63, 3.8) is 0 Å². The second-order valence-corrected chi connectivity index (χ2v) is 4.83. The van der Waals surface area contributed by atoms with E-state index in [0.717, 1.165) is 5.52 Å². The van der Waals surface area contributed by atoms with E-state index in [0.29, 0.717) is 0 Å². The summed E-state index contributed by atoms with van der Waals surface area (Å²) in [6.07, 6.45) is 3.87. The first-order chi connectivity index (χ1) is 9.36. The zero-order chi connectivity index (χ0) is 12.8. The molecule has 0 saturated carbocycles. The van der Waals surface area contributed by atoms with Crippen LogP contribution in [0.15, 0.2) is 60.9 Å². The molecule has 0 fully saturated rings. The molecule has 0 aliphatic heterocycles. The molecule has 1 aromatic heterocycles. The lowest BCUT2D eigenvalue weighted by atomic mass is 9.99. The van der Waals surface area contributed by atoms with Crippen molar-refractivity contribution >= 4 is 32.6 Å². The third kappa shape index (κ3) is 1.37. The predicted octanol–water partition coefficient (Wildman–Crippen LogP) is 3.37. The molecule has 3 aromatic carbocycles. The molecule has 2 nitrogen and oxygen atoms in total. The molecule has 19 heavy (non-hydrogen) atoms. The maximum absolute atomic E-state index is 4.60. The van der Waals surface area contributed by atoms with Crippen LogP contribution in [0.1, 0.15) is 0 Å². The van der Waals surface area contributed by atoms with Gasteiger partial charge in [-0.1, -0.05) is 42.5 Å². The number of aryl methyl sites for hydroxylation is 1. The monoisotopic (exact) mass is 245 g/mol. The lowest BCUT2D eigenvalue weighted by Crippen LogP contribution is -2.28. The van der Waals surface area contributed by atoms with E-state index in [1.54, 1.807) is 0 Å². The van der Waals surface area contributed by atoms with E-state index in [9.17, 15) is 0 Å². The fourth-order valence-electron chi connectivity index (χ4n) is 2.87. The number of nitrogens with zero attached hydrogens (tertiary/aromatic N) is 2. The summed E-state index contributed by atoms with van der Waals surface area (Å²) in [5.74, 6) is 0. The van der Waals surface area contributed by atoms with Gasteiger partial charge in [-0.15, -0.1) is 0 Å². The molecule has 0 saturated heterocycles. The molecule has 0 aliphatic carbocycles. The van der Waals surface area contributed by atoms with E-state index in [2.05, 4.69) is 65.1 Å². The van der Waals surface area contributed by atoms with Crippen LogP contribution in [0.4, 0.5) is 0 Å². The van der Waals surface area contributed by atoms with Crippen molar-refractivity contribution < 1.29 is 4.57 Å². The first-order valence-corrected chi connectivity index (χ1v) is 6.40. The van der Waals surface area contributed by atoms with E-state index >= 15 is 0 Å². The molecule has 0 radical (unpaired) electrons. The highest BCUT2D eigenvalue weighted by Crippen LogP contribution is 2.31. The molecule has 0 N–H and O–H groups in total. The summed E-state index contributed by atoms with van der Waals surface area (Å²) < 4.78 is 2.15. The average Bonchev–Trinajstić information content (AvgIpc) is 2.47. The van der Waals surface area contributed by atoms with Gasteiger partial charge in [0.25, 0.3) is 0 Å². The van der Waals surface area contributed by atoms with Gasteiger partial charge in [0.2, 0.25) is 5.52 Å². The van der Waals surface area contributed by atoms with Crippen LogP contribution in [0.5, 0.6) is 0 Å². The zero-order valence-electron chi connectivity index (χ0n) is 10.7.